The number of fused-ring (bicyclic) bond motifs is 3. The molecule has 6 nitrogen and oxygen atoms in total. The molecule has 0 aliphatic heterocycles. The Bertz CT molecular complexity index is 1350. The fourth-order valence-corrected chi connectivity index (χ4v) is 4.09. The fraction of sp³-hybridized carbons (Fsp3) is 0.167. The van der Waals surface area contributed by atoms with Crippen LogP contribution in [0.2, 0.25) is 0 Å². The number of rotatable bonds is 5. The summed E-state index contributed by atoms with van der Waals surface area (Å²) in [6.45, 7) is 4.30. The molecule has 0 aliphatic rings. The first kappa shape index (κ1) is 18.2. The minimum absolute atomic E-state index is 0.0169. The summed E-state index contributed by atoms with van der Waals surface area (Å²) in [5.74, 6) is 0.472. The van der Waals surface area contributed by atoms with Gasteiger partial charge in [0.05, 0.1) is 28.7 Å². The van der Waals surface area contributed by atoms with E-state index in [0.29, 0.717) is 11.6 Å². The molecule has 148 valence electrons. The van der Waals surface area contributed by atoms with E-state index in [9.17, 15) is 4.79 Å². The first-order valence-corrected chi connectivity index (χ1v) is 10.00. The first-order valence-electron chi connectivity index (χ1n) is 10.00. The van der Waals surface area contributed by atoms with Gasteiger partial charge in [0.2, 0.25) is 5.95 Å². The predicted molar refractivity (Wildman–Crippen MR) is 117 cm³/mol. The van der Waals surface area contributed by atoms with Gasteiger partial charge in [-0.3, -0.25) is 14.3 Å². The molecule has 0 spiro atoms. The number of carbonyl (C=O) groups is 1. The lowest BCUT2D eigenvalue weighted by Crippen LogP contribution is -2.12. The zero-order chi connectivity index (χ0) is 20.7. The molecule has 0 amide bonds. The molecule has 0 N–H and O–H groups in total. The Morgan fingerprint density at radius 3 is 2.37 bits per heavy atom. The first-order chi connectivity index (χ1) is 14.6. The Morgan fingerprint density at radius 1 is 0.900 bits per heavy atom. The van der Waals surface area contributed by atoms with Gasteiger partial charge < -0.3 is 4.57 Å². The average Bonchev–Trinajstić information content (AvgIpc) is 3.30. The quantitative estimate of drug-likeness (QED) is 0.402. The van der Waals surface area contributed by atoms with Gasteiger partial charge in [0, 0.05) is 35.7 Å². The summed E-state index contributed by atoms with van der Waals surface area (Å²) >= 11 is 0. The molecule has 1 aromatic carbocycles. The van der Waals surface area contributed by atoms with Crippen molar-refractivity contribution in [3.8, 4) is 5.95 Å². The second-order valence-electron chi connectivity index (χ2n) is 7.55. The minimum Gasteiger partial charge on any atom is -0.337 e. The fourth-order valence-electron chi connectivity index (χ4n) is 4.09. The highest BCUT2D eigenvalue weighted by molar-refractivity contribution is 6.11. The second-order valence-corrected chi connectivity index (χ2v) is 7.55. The lowest BCUT2D eigenvalue weighted by Gasteiger charge is -2.10. The number of Topliss-reactive ketones (excluding diaryl/α,β-unsaturated/α-hetero) is 1. The maximum atomic E-state index is 13.4. The van der Waals surface area contributed by atoms with Gasteiger partial charge in [0.1, 0.15) is 0 Å². The molecule has 4 aromatic heterocycles. The van der Waals surface area contributed by atoms with E-state index in [1.807, 2.05) is 41.0 Å². The third kappa shape index (κ3) is 2.88. The van der Waals surface area contributed by atoms with Crippen LogP contribution >= 0.6 is 0 Å². The van der Waals surface area contributed by atoms with Crippen LogP contribution in [0.15, 0.2) is 73.2 Å². The highest BCUT2D eigenvalue weighted by atomic mass is 16.1. The normalized spacial score (nSPS) is 11.6. The topological polar surface area (TPSA) is 65.6 Å². The van der Waals surface area contributed by atoms with Crippen LogP contribution in [0.25, 0.3) is 27.9 Å². The van der Waals surface area contributed by atoms with Crippen LogP contribution in [-0.4, -0.2) is 29.9 Å². The van der Waals surface area contributed by atoms with E-state index >= 15 is 0 Å². The number of aromatic nitrogens is 5. The molecule has 0 saturated heterocycles. The summed E-state index contributed by atoms with van der Waals surface area (Å²) in [6, 6.07) is 17.8. The van der Waals surface area contributed by atoms with Crippen molar-refractivity contribution in [1.29, 1.82) is 0 Å². The van der Waals surface area contributed by atoms with Crippen molar-refractivity contribution in [2.24, 2.45) is 0 Å². The Balaban J connectivity index is 1.80. The number of para-hydroxylation sites is 1. The van der Waals surface area contributed by atoms with E-state index in [2.05, 4.69) is 45.5 Å². The van der Waals surface area contributed by atoms with Gasteiger partial charge in [0.25, 0.3) is 0 Å². The van der Waals surface area contributed by atoms with Crippen LogP contribution in [0.1, 0.15) is 36.1 Å². The lowest BCUT2D eigenvalue weighted by molar-refractivity contribution is 0.0985. The third-order valence-electron chi connectivity index (χ3n) is 5.28. The zero-order valence-electron chi connectivity index (χ0n) is 16.9. The van der Waals surface area contributed by atoms with Gasteiger partial charge in [-0.15, -0.1) is 0 Å². The number of ketones is 1. The average molecular weight is 395 g/mol. The van der Waals surface area contributed by atoms with Crippen molar-refractivity contribution in [2.45, 2.75) is 26.3 Å². The van der Waals surface area contributed by atoms with Crippen molar-refractivity contribution in [3.05, 3.63) is 84.6 Å². The number of carbonyl (C=O) groups excluding carboxylic acids is 1. The molecule has 0 atom stereocenters. The Kier molecular flexibility index (Phi) is 4.39. The Morgan fingerprint density at radius 2 is 1.63 bits per heavy atom. The van der Waals surface area contributed by atoms with Crippen LogP contribution in [-0.2, 0) is 6.42 Å². The largest absolute Gasteiger partial charge is 0.337 e. The van der Waals surface area contributed by atoms with Gasteiger partial charge in [0.15, 0.2) is 5.78 Å². The molecule has 0 aliphatic carbocycles. The van der Waals surface area contributed by atoms with E-state index in [0.717, 1.165) is 27.6 Å². The van der Waals surface area contributed by atoms with Gasteiger partial charge in [-0.1, -0.05) is 24.3 Å². The molecule has 4 heterocycles. The van der Waals surface area contributed by atoms with Crippen LogP contribution in [0.4, 0.5) is 0 Å². The molecule has 0 bridgehead atoms. The molecule has 0 saturated carbocycles. The van der Waals surface area contributed by atoms with E-state index in [4.69, 9.17) is 0 Å². The van der Waals surface area contributed by atoms with Gasteiger partial charge in [-0.05, 0) is 44.2 Å². The van der Waals surface area contributed by atoms with Crippen LogP contribution < -0.4 is 0 Å². The van der Waals surface area contributed by atoms with Crippen LogP contribution in [0.3, 0.4) is 0 Å². The predicted octanol–water partition coefficient (Wildman–Crippen LogP) is 4.78. The van der Waals surface area contributed by atoms with E-state index in [-0.39, 0.29) is 18.2 Å². The van der Waals surface area contributed by atoms with Crippen molar-refractivity contribution in [2.75, 3.05) is 0 Å². The van der Waals surface area contributed by atoms with Gasteiger partial charge in [-0.25, -0.2) is 9.97 Å². The number of benzene rings is 1. The molecular weight excluding hydrogens is 374 g/mol. The monoisotopic (exact) mass is 395 g/mol. The maximum absolute atomic E-state index is 13.4. The highest BCUT2D eigenvalue weighted by Crippen LogP contribution is 2.35. The number of hydrogen-bond acceptors (Lipinski definition) is 4. The summed E-state index contributed by atoms with van der Waals surface area (Å²) < 4.78 is 4.16. The second kappa shape index (κ2) is 7.22. The zero-order valence-corrected chi connectivity index (χ0v) is 16.9. The molecule has 0 unspecified atom stereocenters. The summed E-state index contributed by atoms with van der Waals surface area (Å²) in [5, 5.41) is 1.07. The number of hydrogen-bond donors (Lipinski definition) is 0. The summed E-state index contributed by atoms with van der Waals surface area (Å²) in [7, 11) is 0. The smallest absolute Gasteiger partial charge is 0.234 e. The van der Waals surface area contributed by atoms with E-state index in [1.54, 1.807) is 24.7 Å². The number of pyridine rings is 1. The molecule has 6 heteroatoms. The molecule has 0 fully saturated rings. The van der Waals surface area contributed by atoms with Gasteiger partial charge >= 0.3 is 0 Å². The molecule has 5 rings (SSSR count). The molecule has 5 aromatic rings. The Hall–Kier alpha value is -3.80. The Labute approximate surface area is 173 Å². The number of nitrogens with zero attached hydrogens (tertiary/aromatic N) is 5. The van der Waals surface area contributed by atoms with Crippen LogP contribution in [0, 0.1) is 0 Å². The maximum Gasteiger partial charge on any atom is 0.234 e. The van der Waals surface area contributed by atoms with Crippen molar-refractivity contribution < 1.29 is 4.79 Å². The third-order valence-corrected chi connectivity index (χ3v) is 5.28. The summed E-state index contributed by atoms with van der Waals surface area (Å²) in [5.41, 5.74) is 4.39. The lowest BCUT2D eigenvalue weighted by atomic mass is 10.1. The highest BCUT2D eigenvalue weighted by Gasteiger charge is 2.24. The van der Waals surface area contributed by atoms with Crippen molar-refractivity contribution >= 4 is 27.7 Å². The van der Waals surface area contributed by atoms with E-state index in [1.165, 1.54) is 0 Å². The SMILES string of the molecule is CC(C)n1c2ccccc2c2c1cc(C(=O)Cc1ccccn1)n2-c1ncccn1. The van der Waals surface area contributed by atoms with Crippen molar-refractivity contribution in [3.63, 3.8) is 0 Å². The van der Waals surface area contributed by atoms with Gasteiger partial charge in [-0.2, -0.15) is 0 Å². The van der Waals surface area contributed by atoms with Crippen LogP contribution in [0.5, 0.6) is 0 Å². The molecular formula is C24H21N5O. The standard InChI is InChI=1S/C24H21N5O/c1-16(2)28-19-10-4-3-9-18(19)23-21(28)15-20(29(23)24-26-12-7-13-27-24)22(30)14-17-8-5-6-11-25-17/h3-13,15-16H,14H2,1-2H3. The summed E-state index contributed by atoms with van der Waals surface area (Å²) in [4.78, 5) is 26.6. The van der Waals surface area contributed by atoms with Crippen molar-refractivity contribution in [1.82, 2.24) is 24.1 Å². The molecule has 0 radical (unpaired) electrons. The minimum atomic E-state index is -0.0169. The summed E-state index contributed by atoms with van der Waals surface area (Å²) in [6.07, 6.45) is 5.32. The van der Waals surface area contributed by atoms with E-state index < -0.39 is 0 Å². The molecule has 30 heavy (non-hydrogen) atoms.